The molecule has 2 rings (SSSR count). The molecule has 2 aromatic carbocycles. The van der Waals surface area contributed by atoms with Gasteiger partial charge in [-0.15, -0.1) is 0 Å². The molecule has 92 valence electrons. The first kappa shape index (κ1) is 12.1. The maximum absolute atomic E-state index is 12.7. The van der Waals surface area contributed by atoms with Crippen LogP contribution < -0.4 is 4.74 Å². The van der Waals surface area contributed by atoms with Crippen molar-refractivity contribution >= 4 is 6.21 Å². The van der Waals surface area contributed by atoms with Gasteiger partial charge in [-0.2, -0.15) is 0 Å². The summed E-state index contributed by atoms with van der Waals surface area (Å²) in [6.07, 6.45) is 1.32. The van der Waals surface area contributed by atoms with Crippen LogP contribution >= 0.6 is 0 Å². The zero-order valence-corrected chi connectivity index (χ0v) is 9.58. The fourth-order valence-corrected chi connectivity index (χ4v) is 1.50. The molecular formula is C14H12FNO2. The third kappa shape index (κ3) is 3.31. The molecular weight excluding hydrogens is 233 g/mol. The van der Waals surface area contributed by atoms with Crippen molar-refractivity contribution in [2.75, 3.05) is 0 Å². The minimum absolute atomic E-state index is 0.264. The van der Waals surface area contributed by atoms with Crippen LogP contribution in [-0.4, -0.2) is 11.4 Å². The minimum Gasteiger partial charge on any atom is -0.489 e. The van der Waals surface area contributed by atoms with E-state index in [1.165, 1.54) is 18.3 Å². The van der Waals surface area contributed by atoms with Crippen molar-refractivity contribution in [2.24, 2.45) is 5.16 Å². The van der Waals surface area contributed by atoms with Gasteiger partial charge in [-0.3, -0.25) is 0 Å². The number of ether oxygens (including phenoxy) is 1. The molecule has 2 aromatic rings. The van der Waals surface area contributed by atoms with Crippen LogP contribution in [0.25, 0.3) is 0 Å². The van der Waals surface area contributed by atoms with E-state index in [0.717, 1.165) is 11.1 Å². The smallest absolute Gasteiger partial charge is 0.123 e. The van der Waals surface area contributed by atoms with E-state index in [-0.39, 0.29) is 5.82 Å². The molecule has 0 aromatic heterocycles. The molecule has 0 aliphatic rings. The number of oxime groups is 1. The van der Waals surface area contributed by atoms with Gasteiger partial charge in [-0.05, 0) is 35.4 Å². The summed E-state index contributed by atoms with van der Waals surface area (Å²) in [7, 11) is 0. The van der Waals surface area contributed by atoms with Gasteiger partial charge < -0.3 is 9.94 Å². The van der Waals surface area contributed by atoms with Gasteiger partial charge in [0.05, 0.1) is 6.21 Å². The van der Waals surface area contributed by atoms with Crippen molar-refractivity contribution in [3.63, 3.8) is 0 Å². The van der Waals surface area contributed by atoms with Crippen molar-refractivity contribution in [3.05, 3.63) is 65.5 Å². The van der Waals surface area contributed by atoms with Crippen LogP contribution in [0, 0.1) is 5.82 Å². The molecule has 3 nitrogen and oxygen atoms in total. The quantitative estimate of drug-likeness (QED) is 0.510. The molecule has 0 bridgehead atoms. The zero-order chi connectivity index (χ0) is 12.8. The lowest BCUT2D eigenvalue weighted by Gasteiger charge is -2.06. The monoisotopic (exact) mass is 245 g/mol. The number of halogens is 1. The maximum Gasteiger partial charge on any atom is 0.123 e. The average molecular weight is 245 g/mol. The Morgan fingerprint density at radius 2 is 1.94 bits per heavy atom. The second kappa shape index (κ2) is 5.82. The summed E-state index contributed by atoms with van der Waals surface area (Å²) in [6.45, 7) is 0.361. The molecule has 0 amide bonds. The number of rotatable bonds is 4. The van der Waals surface area contributed by atoms with Crippen LogP contribution in [0.5, 0.6) is 5.75 Å². The largest absolute Gasteiger partial charge is 0.489 e. The fraction of sp³-hybridized carbons (Fsp3) is 0.0714. The van der Waals surface area contributed by atoms with Gasteiger partial charge in [0.2, 0.25) is 0 Å². The van der Waals surface area contributed by atoms with E-state index in [1.807, 2.05) is 0 Å². The first-order valence-electron chi connectivity index (χ1n) is 5.42. The summed E-state index contributed by atoms with van der Waals surface area (Å²) in [5.74, 6) is 0.400. The Bertz CT molecular complexity index is 538. The predicted molar refractivity (Wildman–Crippen MR) is 66.6 cm³/mol. The van der Waals surface area contributed by atoms with Crippen molar-refractivity contribution < 1.29 is 14.3 Å². The Balaban J connectivity index is 2.01. The van der Waals surface area contributed by atoms with Gasteiger partial charge in [0.15, 0.2) is 0 Å². The SMILES string of the molecule is O/N=C\c1cccc(OCc2ccc(F)cc2)c1. The molecule has 0 saturated carbocycles. The molecule has 4 heteroatoms. The van der Waals surface area contributed by atoms with Gasteiger partial charge in [-0.25, -0.2) is 4.39 Å². The molecule has 18 heavy (non-hydrogen) atoms. The van der Waals surface area contributed by atoms with Crippen molar-refractivity contribution in [1.29, 1.82) is 0 Å². The van der Waals surface area contributed by atoms with Gasteiger partial charge in [-0.1, -0.05) is 29.4 Å². The lowest BCUT2D eigenvalue weighted by molar-refractivity contribution is 0.306. The zero-order valence-electron chi connectivity index (χ0n) is 9.58. The third-order valence-electron chi connectivity index (χ3n) is 2.38. The molecule has 0 aliphatic heterocycles. The number of benzene rings is 2. The first-order chi connectivity index (χ1) is 8.78. The maximum atomic E-state index is 12.7. The van der Waals surface area contributed by atoms with Crippen LogP contribution in [-0.2, 0) is 6.61 Å². The van der Waals surface area contributed by atoms with Gasteiger partial charge >= 0.3 is 0 Å². The molecule has 0 unspecified atom stereocenters. The van der Waals surface area contributed by atoms with E-state index in [2.05, 4.69) is 5.16 Å². The Labute approximate surface area is 104 Å². The molecule has 1 N–H and O–H groups in total. The van der Waals surface area contributed by atoms with Gasteiger partial charge in [0.25, 0.3) is 0 Å². The summed E-state index contributed by atoms with van der Waals surface area (Å²) in [4.78, 5) is 0. The van der Waals surface area contributed by atoms with Crippen LogP contribution in [0.4, 0.5) is 4.39 Å². The Kier molecular flexibility index (Phi) is 3.91. The average Bonchev–Trinajstić information content (AvgIpc) is 2.39. The lowest BCUT2D eigenvalue weighted by Crippen LogP contribution is -1.96. The topological polar surface area (TPSA) is 41.8 Å². The highest BCUT2D eigenvalue weighted by molar-refractivity contribution is 5.79. The molecule has 0 radical (unpaired) electrons. The fourth-order valence-electron chi connectivity index (χ4n) is 1.50. The Morgan fingerprint density at radius 3 is 2.67 bits per heavy atom. The molecule has 0 saturated heterocycles. The second-order valence-corrected chi connectivity index (χ2v) is 3.73. The Hall–Kier alpha value is -2.36. The summed E-state index contributed by atoms with van der Waals surface area (Å²) >= 11 is 0. The summed E-state index contributed by atoms with van der Waals surface area (Å²) in [6, 6.07) is 13.3. The van der Waals surface area contributed by atoms with Crippen LogP contribution in [0.15, 0.2) is 53.7 Å². The van der Waals surface area contributed by atoms with Crippen molar-refractivity contribution in [2.45, 2.75) is 6.61 Å². The summed E-state index contributed by atoms with van der Waals surface area (Å²) in [5, 5.41) is 11.4. The lowest BCUT2D eigenvalue weighted by atomic mass is 10.2. The van der Waals surface area contributed by atoms with Crippen molar-refractivity contribution in [3.8, 4) is 5.75 Å². The van der Waals surface area contributed by atoms with Crippen molar-refractivity contribution in [1.82, 2.24) is 0 Å². The molecule has 0 spiro atoms. The predicted octanol–water partition coefficient (Wildman–Crippen LogP) is 3.21. The van der Waals surface area contributed by atoms with E-state index in [4.69, 9.17) is 9.94 Å². The van der Waals surface area contributed by atoms with E-state index in [9.17, 15) is 4.39 Å². The molecule has 0 heterocycles. The number of hydrogen-bond donors (Lipinski definition) is 1. The van der Waals surface area contributed by atoms with Crippen LogP contribution in [0.1, 0.15) is 11.1 Å². The highest BCUT2D eigenvalue weighted by Crippen LogP contribution is 2.14. The van der Waals surface area contributed by atoms with Gasteiger partial charge in [0.1, 0.15) is 18.2 Å². The molecule has 0 fully saturated rings. The van der Waals surface area contributed by atoms with Gasteiger partial charge in [0, 0.05) is 0 Å². The third-order valence-corrected chi connectivity index (χ3v) is 2.38. The highest BCUT2D eigenvalue weighted by Gasteiger charge is 1.98. The Morgan fingerprint density at radius 1 is 1.17 bits per heavy atom. The summed E-state index contributed by atoms with van der Waals surface area (Å²) < 4.78 is 18.3. The molecule has 0 atom stereocenters. The number of nitrogens with zero attached hydrogens (tertiary/aromatic N) is 1. The van der Waals surface area contributed by atoms with E-state index in [1.54, 1.807) is 36.4 Å². The van der Waals surface area contributed by atoms with E-state index in [0.29, 0.717) is 12.4 Å². The van der Waals surface area contributed by atoms with Crippen LogP contribution in [0.2, 0.25) is 0 Å². The van der Waals surface area contributed by atoms with E-state index >= 15 is 0 Å². The highest BCUT2D eigenvalue weighted by atomic mass is 19.1. The summed E-state index contributed by atoms with van der Waals surface area (Å²) in [5.41, 5.74) is 1.63. The molecule has 0 aliphatic carbocycles. The normalized spacial score (nSPS) is 10.7. The standard InChI is InChI=1S/C14H12FNO2/c15-13-6-4-11(5-7-13)10-18-14-3-1-2-12(8-14)9-16-17/h1-9,17H,10H2/b16-9-. The second-order valence-electron chi connectivity index (χ2n) is 3.73. The minimum atomic E-state index is -0.264. The number of hydrogen-bond acceptors (Lipinski definition) is 3. The first-order valence-corrected chi connectivity index (χ1v) is 5.42. The van der Waals surface area contributed by atoms with Crippen LogP contribution in [0.3, 0.4) is 0 Å². The van der Waals surface area contributed by atoms with E-state index < -0.39 is 0 Å².